The standard InChI is InChI=1S/C11H17N3OS2/c1-4-7(9(12)16)10(15)14-11-13-8(5-2)6(3)17-11/h7H,4-5H2,1-3H3,(H2,12,16)(H,13,14,15). The highest BCUT2D eigenvalue weighted by atomic mass is 32.1. The first-order valence-electron chi connectivity index (χ1n) is 5.56. The summed E-state index contributed by atoms with van der Waals surface area (Å²) in [6, 6.07) is 0. The second-order valence-electron chi connectivity index (χ2n) is 3.73. The van der Waals surface area contributed by atoms with Gasteiger partial charge in [0.05, 0.1) is 16.6 Å². The summed E-state index contributed by atoms with van der Waals surface area (Å²) in [6.45, 7) is 5.92. The minimum atomic E-state index is -0.417. The van der Waals surface area contributed by atoms with Crippen molar-refractivity contribution in [2.75, 3.05) is 5.32 Å². The molecule has 1 aromatic heterocycles. The van der Waals surface area contributed by atoms with Crippen molar-refractivity contribution >= 4 is 39.6 Å². The summed E-state index contributed by atoms with van der Waals surface area (Å²) in [6.07, 6.45) is 1.47. The van der Waals surface area contributed by atoms with Gasteiger partial charge in [-0.2, -0.15) is 0 Å². The molecule has 6 heteroatoms. The summed E-state index contributed by atoms with van der Waals surface area (Å²) in [7, 11) is 0. The maximum Gasteiger partial charge on any atom is 0.236 e. The third kappa shape index (κ3) is 3.47. The summed E-state index contributed by atoms with van der Waals surface area (Å²) in [5.41, 5.74) is 6.54. The van der Waals surface area contributed by atoms with E-state index in [-0.39, 0.29) is 10.9 Å². The van der Waals surface area contributed by atoms with E-state index in [0.717, 1.165) is 17.0 Å². The van der Waals surface area contributed by atoms with E-state index in [1.165, 1.54) is 11.3 Å². The van der Waals surface area contributed by atoms with Crippen LogP contribution >= 0.6 is 23.6 Å². The van der Waals surface area contributed by atoms with Crippen molar-refractivity contribution in [1.82, 2.24) is 4.98 Å². The lowest BCUT2D eigenvalue weighted by Crippen LogP contribution is -2.32. The zero-order valence-corrected chi connectivity index (χ0v) is 11.9. The third-order valence-corrected chi connectivity index (χ3v) is 3.74. The Hall–Kier alpha value is -1.01. The van der Waals surface area contributed by atoms with E-state index >= 15 is 0 Å². The van der Waals surface area contributed by atoms with Gasteiger partial charge >= 0.3 is 0 Å². The number of nitrogens with zero attached hydrogens (tertiary/aromatic N) is 1. The Morgan fingerprint density at radius 3 is 2.65 bits per heavy atom. The van der Waals surface area contributed by atoms with Crippen LogP contribution in [0.15, 0.2) is 0 Å². The van der Waals surface area contributed by atoms with Gasteiger partial charge in [0, 0.05) is 4.88 Å². The normalized spacial score (nSPS) is 12.2. The van der Waals surface area contributed by atoms with Crippen LogP contribution in [0.3, 0.4) is 0 Å². The van der Waals surface area contributed by atoms with Gasteiger partial charge in [0.1, 0.15) is 0 Å². The van der Waals surface area contributed by atoms with Crippen molar-refractivity contribution in [3.05, 3.63) is 10.6 Å². The first kappa shape index (κ1) is 14.1. The minimum absolute atomic E-state index is 0.170. The molecule has 0 saturated heterocycles. The second-order valence-corrected chi connectivity index (χ2v) is 5.40. The Kier molecular flexibility index (Phi) is 5.02. The lowest BCUT2D eigenvalue weighted by Gasteiger charge is -2.11. The van der Waals surface area contributed by atoms with Gasteiger partial charge in [0.25, 0.3) is 0 Å². The van der Waals surface area contributed by atoms with E-state index in [0.29, 0.717) is 11.6 Å². The number of nitrogens with two attached hydrogens (primary N) is 1. The van der Waals surface area contributed by atoms with Crippen LogP contribution < -0.4 is 11.1 Å². The van der Waals surface area contributed by atoms with Crippen LogP contribution in [-0.4, -0.2) is 15.9 Å². The number of anilines is 1. The summed E-state index contributed by atoms with van der Waals surface area (Å²) >= 11 is 6.34. The summed E-state index contributed by atoms with van der Waals surface area (Å²) in [4.78, 5) is 17.6. The van der Waals surface area contributed by atoms with Crippen molar-refractivity contribution in [2.45, 2.75) is 33.6 Å². The smallest absolute Gasteiger partial charge is 0.236 e. The zero-order valence-electron chi connectivity index (χ0n) is 10.2. The number of thiocarbonyl (C=S) groups is 1. The molecule has 0 spiro atoms. The summed E-state index contributed by atoms with van der Waals surface area (Å²) < 4.78 is 0. The molecule has 0 bridgehead atoms. The van der Waals surface area contributed by atoms with Crippen molar-refractivity contribution in [1.29, 1.82) is 0 Å². The Bertz CT molecular complexity index is 428. The van der Waals surface area contributed by atoms with Crippen LogP contribution in [0.4, 0.5) is 5.13 Å². The van der Waals surface area contributed by atoms with E-state index in [1.807, 2.05) is 20.8 Å². The fourth-order valence-corrected chi connectivity index (χ4v) is 2.70. The number of carbonyl (C=O) groups excluding carboxylic acids is 1. The number of hydrogen-bond donors (Lipinski definition) is 2. The highest BCUT2D eigenvalue weighted by molar-refractivity contribution is 7.80. The van der Waals surface area contributed by atoms with Crippen LogP contribution in [0.5, 0.6) is 0 Å². The number of aromatic nitrogens is 1. The number of thiazole rings is 1. The van der Waals surface area contributed by atoms with E-state index in [9.17, 15) is 4.79 Å². The molecular formula is C11H17N3OS2. The van der Waals surface area contributed by atoms with Gasteiger partial charge in [-0.3, -0.25) is 4.79 Å². The van der Waals surface area contributed by atoms with Crippen molar-refractivity contribution in [2.24, 2.45) is 11.7 Å². The molecule has 4 nitrogen and oxygen atoms in total. The predicted octanol–water partition coefficient (Wildman–Crippen LogP) is 2.26. The first-order chi connectivity index (χ1) is 7.99. The van der Waals surface area contributed by atoms with Gasteiger partial charge in [0.15, 0.2) is 5.13 Å². The largest absolute Gasteiger partial charge is 0.393 e. The monoisotopic (exact) mass is 271 g/mol. The minimum Gasteiger partial charge on any atom is -0.393 e. The highest BCUT2D eigenvalue weighted by Crippen LogP contribution is 2.23. The number of rotatable bonds is 5. The SMILES string of the molecule is CCc1nc(NC(=O)C(CC)C(N)=S)sc1C. The van der Waals surface area contributed by atoms with Crippen molar-refractivity contribution in [3.8, 4) is 0 Å². The third-order valence-electron chi connectivity index (χ3n) is 2.53. The van der Waals surface area contributed by atoms with E-state index in [1.54, 1.807) is 0 Å². The quantitative estimate of drug-likeness (QED) is 0.806. The first-order valence-corrected chi connectivity index (χ1v) is 6.78. The Labute approximate surface area is 111 Å². The number of nitrogens with one attached hydrogen (secondary N) is 1. The molecule has 1 heterocycles. The van der Waals surface area contributed by atoms with Crippen LogP contribution in [-0.2, 0) is 11.2 Å². The van der Waals surface area contributed by atoms with Gasteiger partial charge < -0.3 is 11.1 Å². The van der Waals surface area contributed by atoms with Crippen molar-refractivity contribution in [3.63, 3.8) is 0 Å². The van der Waals surface area contributed by atoms with Gasteiger partial charge in [-0.1, -0.05) is 26.1 Å². The average Bonchev–Trinajstić information content (AvgIpc) is 2.58. The molecule has 0 aromatic carbocycles. The van der Waals surface area contributed by atoms with Crippen LogP contribution in [0.2, 0.25) is 0 Å². The lowest BCUT2D eigenvalue weighted by atomic mass is 10.1. The topological polar surface area (TPSA) is 68.0 Å². The molecule has 0 aliphatic carbocycles. The van der Waals surface area contributed by atoms with Crippen molar-refractivity contribution < 1.29 is 4.79 Å². The second kappa shape index (κ2) is 6.07. The Morgan fingerprint density at radius 2 is 2.24 bits per heavy atom. The number of amides is 1. The van der Waals surface area contributed by atoms with E-state index in [2.05, 4.69) is 10.3 Å². The van der Waals surface area contributed by atoms with Crippen LogP contribution in [0.25, 0.3) is 0 Å². The molecule has 94 valence electrons. The molecule has 0 saturated carbocycles. The summed E-state index contributed by atoms with van der Waals surface area (Å²) in [5, 5.41) is 3.39. The van der Waals surface area contributed by atoms with Gasteiger partial charge in [-0.05, 0) is 19.8 Å². The lowest BCUT2D eigenvalue weighted by molar-refractivity contribution is -0.118. The number of carbonyl (C=O) groups is 1. The highest BCUT2D eigenvalue weighted by Gasteiger charge is 2.20. The molecule has 0 radical (unpaired) electrons. The Morgan fingerprint density at radius 1 is 1.59 bits per heavy atom. The molecule has 1 amide bonds. The molecular weight excluding hydrogens is 254 g/mol. The zero-order chi connectivity index (χ0) is 13.0. The maximum absolute atomic E-state index is 11.9. The molecule has 1 unspecified atom stereocenters. The molecule has 0 aliphatic rings. The van der Waals surface area contributed by atoms with Gasteiger partial charge in [-0.25, -0.2) is 4.98 Å². The molecule has 1 atom stereocenters. The summed E-state index contributed by atoms with van der Waals surface area (Å²) in [5.74, 6) is -0.587. The fraction of sp³-hybridized carbons (Fsp3) is 0.545. The molecule has 1 rings (SSSR count). The van der Waals surface area contributed by atoms with E-state index in [4.69, 9.17) is 18.0 Å². The van der Waals surface area contributed by atoms with Crippen LogP contribution in [0, 0.1) is 12.8 Å². The van der Waals surface area contributed by atoms with Gasteiger partial charge in [-0.15, -0.1) is 11.3 Å². The molecule has 3 N–H and O–H groups in total. The molecule has 0 fully saturated rings. The number of hydrogen-bond acceptors (Lipinski definition) is 4. The average molecular weight is 271 g/mol. The van der Waals surface area contributed by atoms with Gasteiger partial charge in [0.2, 0.25) is 5.91 Å². The Balaban J connectivity index is 2.76. The van der Waals surface area contributed by atoms with E-state index < -0.39 is 5.92 Å². The predicted molar refractivity (Wildman–Crippen MR) is 75.4 cm³/mol. The molecule has 17 heavy (non-hydrogen) atoms. The molecule has 1 aromatic rings. The fourth-order valence-electron chi connectivity index (χ4n) is 1.52. The maximum atomic E-state index is 11.9. The van der Waals surface area contributed by atoms with Crippen LogP contribution in [0.1, 0.15) is 30.8 Å². The molecule has 0 aliphatic heterocycles. The number of aryl methyl sites for hydroxylation is 2.